The maximum atomic E-state index is 5.73. The standard InChI is InChI=1S/C23H22N6O3/c1-2-5-16(6-3-1)29-22-18(13-25-29)21(26-15-8-9-19-20(11-15)32-14-31-19)27-23(28-22)24-12-17-7-4-10-30-17/h1-3,5-6,8-9,11,13,17H,4,7,10,12,14H2,(H2,24,26,27,28)/t17-/m0/s1. The first-order valence-electron chi connectivity index (χ1n) is 10.7. The highest BCUT2D eigenvalue weighted by Crippen LogP contribution is 2.36. The van der Waals surface area contributed by atoms with Gasteiger partial charge in [0.2, 0.25) is 12.7 Å². The Kier molecular flexibility index (Phi) is 4.73. The molecule has 2 aliphatic heterocycles. The van der Waals surface area contributed by atoms with Crippen LogP contribution in [0.15, 0.2) is 54.7 Å². The minimum atomic E-state index is 0.179. The van der Waals surface area contributed by atoms with Gasteiger partial charge in [0.15, 0.2) is 17.1 Å². The third kappa shape index (κ3) is 3.56. The van der Waals surface area contributed by atoms with Crippen molar-refractivity contribution >= 4 is 28.5 Å². The summed E-state index contributed by atoms with van der Waals surface area (Å²) in [4.78, 5) is 9.51. The van der Waals surface area contributed by atoms with Crippen LogP contribution in [0.3, 0.4) is 0 Å². The normalized spacial score (nSPS) is 17.1. The molecule has 9 heteroatoms. The Labute approximate surface area is 184 Å². The van der Waals surface area contributed by atoms with Crippen molar-refractivity contribution in [1.29, 1.82) is 0 Å². The maximum absolute atomic E-state index is 5.73. The van der Waals surface area contributed by atoms with Crippen LogP contribution in [-0.2, 0) is 4.74 Å². The molecule has 2 aliphatic rings. The Hall–Kier alpha value is -3.85. The summed E-state index contributed by atoms with van der Waals surface area (Å²) in [6.45, 7) is 1.70. The number of hydrogen-bond donors (Lipinski definition) is 2. The van der Waals surface area contributed by atoms with Gasteiger partial charge < -0.3 is 24.8 Å². The highest BCUT2D eigenvalue weighted by atomic mass is 16.7. The zero-order chi connectivity index (χ0) is 21.3. The lowest BCUT2D eigenvalue weighted by Gasteiger charge is -2.13. The van der Waals surface area contributed by atoms with Gasteiger partial charge in [-0.25, -0.2) is 4.68 Å². The van der Waals surface area contributed by atoms with Crippen molar-refractivity contribution < 1.29 is 14.2 Å². The number of nitrogens with one attached hydrogen (secondary N) is 2. The summed E-state index contributed by atoms with van der Waals surface area (Å²) in [5.41, 5.74) is 2.48. The van der Waals surface area contributed by atoms with Crippen LogP contribution in [0, 0.1) is 0 Å². The summed E-state index contributed by atoms with van der Waals surface area (Å²) in [7, 11) is 0. The Morgan fingerprint density at radius 3 is 2.81 bits per heavy atom. The van der Waals surface area contributed by atoms with Gasteiger partial charge in [0.25, 0.3) is 0 Å². The van der Waals surface area contributed by atoms with E-state index in [1.54, 1.807) is 6.20 Å². The predicted molar refractivity (Wildman–Crippen MR) is 120 cm³/mol. The molecule has 0 saturated carbocycles. The summed E-state index contributed by atoms with van der Waals surface area (Å²) in [5.74, 6) is 2.62. The number of benzene rings is 2. The second-order valence-corrected chi connectivity index (χ2v) is 7.73. The fourth-order valence-corrected chi connectivity index (χ4v) is 3.96. The van der Waals surface area contributed by atoms with Gasteiger partial charge in [-0.05, 0) is 37.1 Å². The SMILES string of the molecule is c1ccc(-n2ncc3c(Nc4ccc5c(c4)OCO5)nc(NC[C@@H]4CCCO4)nc32)cc1. The van der Waals surface area contributed by atoms with Crippen molar-refractivity contribution in [3.05, 3.63) is 54.7 Å². The maximum Gasteiger partial charge on any atom is 0.231 e. The number of hydrogen-bond acceptors (Lipinski definition) is 8. The first kappa shape index (κ1) is 18.9. The summed E-state index contributed by atoms with van der Waals surface area (Å²) in [5, 5.41) is 12.1. The van der Waals surface area contributed by atoms with Gasteiger partial charge in [-0.3, -0.25) is 0 Å². The van der Waals surface area contributed by atoms with Crippen molar-refractivity contribution in [2.24, 2.45) is 0 Å². The third-order valence-corrected chi connectivity index (χ3v) is 5.58. The largest absolute Gasteiger partial charge is 0.454 e. The molecule has 0 bridgehead atoms. The molecule has 4 heterocycles. The second-order valence-electron chi connectivity index (χ2n) is 7.73. The van der Waals surface area contributed by atoms with E-state index in [0.717, 1.165) is 42.0 Å². The van der Waals surface area contributed by atoms with E-state index in [2.05, 4.69) is 15.7 Å². The average molecular weight is 430 g/mol. The lowest BCUT2D eigenvalue weighted by Crippen LogP contribution is -2.20. The minimum Gasteiger partial charge on any atom is -0.454 e. The second kappa shape index (κ2) is 8.01. The fraction of sp³-hybridized carbons (Fsp3) is 0.261. The van der Waals surface area contributed by atoms with Crippen LogP contribution in [0.4, 0.5) is 17.5 Å². The van der Waals surface area contributed by atoms with Crippen LogP contribution in [0.25, 0.3) is 16.7 Å². The van der Waals surface area contributed by atoms with E-state index in [-0.39, 0.29) is 12.9 Å². The van der Waals surface area contributed by atoms with Gasteiger partial charge in [0.1, 0.15) is 5.82 Å². The van der Waals surface area contributed by atoms with Gasteiger partial charge in [-0.2, -0.15) is 15.1 Å². The van der Waals surface area contributed by atoms with E-state index in [1.807, 2.05) is 53.2 Å². The van der Waals surface area contributed by atoms with Crippen LogP contribution in [0.5, 0.6) is 11.5 Å². The highest BCUT2D eigenvalue weighted by Gasteiger charge is 2.19. The summed E-state index contributed by atoms with van der Waals surface area (Å²) < 4.78 is 18.5. The molecule has 162 valence electrons. The lowest BCUT2D eigenvalue weighted by molar-refractivity contribution is 0.120. The number of anilines is 3. The summed E-state index contributed by atoms with van der Waals surface area (Å²) in [6.07, 6.45) is 4.09. The zero-order valence-electron chi connectivity index (χ0n) is 17.3. The van der Waals surface area contributed by atoms with E-state index < -0.39 is 0 Å². The smallest absolute Gasteiger partial charge is 0.231 e. The van der Waals surface area contributed by atoms with Gasteiger partial charge in [0.05, 0.1) is 23.4 Å². The summed E-state index contributed by atoms with van der Waals surface area (Å²) in [6, 6.07) is 15.6. The molecule has 2 aromatic heterocycles. The van der Waals surface area contributed by atoms with Crippen LogP contribution in [-0.4, -0.2) is 45.8 Å². The van der Waals surface area contributed by atoms with Crippen LogP contribution in [0.1, 0.15) is 12.8 Å². The predicted octanol–water partition coefficient (Wildman–Crippen LogP) is 3.88. The molecule has 9 nitrogen and oxygen atoms in total. The van der Waals surface area contributed by atoms with E-state index in [4.69, 9.17) is 24.2 Å². The molecule has 0 radical (unpaired) electrons. The van der Waals surface area contributed by atoms with Crippen molar-refractivity contribution in [1.82, 2.24) is 19.7 Å². The Morgan fingerprint density at radius 1 is 1.03 bits per heavy atom. The van der Waals surface area contributed by atoms with Crippen LogP contribution >= 0.6 is 0 Å². The molecular weight excluding hydrogens is 408 g/mol. The molecule has 0 aliphatic carbocycles. The molecule has 1 atom stereocenters. The Bertz CT molecular complexity index is 1250. The average Bonchev–Trinajstić information content (AvgIpc) is 3.58. The molecule has 4 aromatic rings. The lowest BCUT2D eigenvalue weighted by atomic mass is 10.2. The highest BCUT2D eigenvalue weighted by molar-refractivity contribution is 5.90. The number of aromatic nitrogens is 4. The number of rotatable bonds is 6. The molecule has 1 fully saturated rings. The Balaban J connectivity index is 1.38. The third-order valence-electron chi connectivity index (χ3n) is 5.58. The van der Waals surface area contributed by atoms with Gasteiger partial charge in [-0.1, -0.05) is 18.2 Å². The van der Waals surface area contributed by atoms with E-state index >= 15 is 0 Å². The minimum absolute atomic E-state index is 0.179. The zero-order valence-corrected chi connectivity index (χ0v) is 17.3. The van der Waals surface area contributed by atoms with Crippen molar-refractivity contribution in [3.8, 4) is 17.2 Å². The summed E-state index contributed by atoms with van der Waals surface area (Å²) >= 11 is 0. The van der Waals surface area contributed by atoms with Crippen molar-refractivity contribution in [3.63, 3.8) is 0 Å². The quantitative estimate of drug-likeness (QED) is 0.476. The molecule has 0 amide bonds. The number of fused-ring (bicyclic) bond motifs is 2. The monoisotopic (exact) mass is 430 g/mol. The van der Waals surface area contributed by atoms with E-state index in [9.17, 15) is 0 Å². The van der Waals surface area contributed by atoms with E-state index in [0.29, 0.717) is 29.7 Å². The van der Waals surface area contributed by atoms with Gasteiger partial charge in [-0.15, -0.1) is 0 Å². The van der Waals surface area contributed by atoms with Crippen LogP contribution < -0.4 is 20.1 Å². The number of para-hydroxylation sites is 1. The Morgan fingerprint density at radius 2 is 1.94 bits per heavy atom. The van der Waals surface area contributed by atoms with Crippen molar-refractivity contribution in [2.75, 3.05) is 30.6 Å². The first-order chi connectivity index (χ1) is 15.8. The molecule has 32 heavy (non-hydrogen) atoms. The van der Waals surface area contributed by atoms with Crippen molar-refractivity contribution in [2.45, 2.75) is 18.9 Å². The molecular formula is C23H22N6O3. The molecule has 2 N–H and O–H groups in total. The van der Waals surface area contributed by atoms with Gasteiger partial charge in [0, 0.05) is 24.9 Å². The molecule has 2 aromatic carbocycles. The molecule has 6 rings (SSSR count). The van der Waals surface area contributed by atoms with Gasteiger partial charge >= 0.3 is 0 Å². The van der Waals surface area contributed by atoms with E-state index in [1.165, 1.54) is 0 Å². The molecule has 0 unspecified atom stereocenters. The molecule has 0 spiro atoms. The fourth-order valence-electron chi connectivity index (χ4n) is 3.96. The number of ether oxygens (including phenoxy) is 3. The molecule has 1 saturated heterocycles. The first-order valence-corrected chi connectivity index (χ1v) is 10.7. The topological polar surface area (TPSA) is 95.4 Å². The number of nitrogens with zero attached hydrogens (tertiary/aromatic N) is 4. The van der Waals surface area contributed by atoms with Crippen LogP contribution in [0.2, 0.25) is 0 Å².